The summed E-state index contributed by atoms with van der Waals surface area (Å²) in [5.74, 6) is -2.28. The second kappa shape index (κ2) is 4.38. The molecule has 0 bridgehead atoms. The minimum atomic E-state index is -4.56. The molecule has 7 heteroatoms. The molecule has 1 amide bonds. The van der Waals surface area contributed by atoms with Crippen LogP contribution in [0.2, 0.25) is 0 Å². The molecule has 1 atom stereocenters. The number of hydrogen-bond donors (Lipinski definition) is 2. The number of nitrogens with one attached hydrogen (secondary N) is 2. The molecule has 4 nitrogen and oxygen atoms in total. The molecule has 0 saturated carbocycles. The number of halogens is 3. The van der Waals surface area contributed by atoms with E-state index in [1.807, 2.05) is 0 Å². The Morgan fingerprint density at radius 3 is 2.50 bits per heavy atom. The summed E-state index contributed by atoms with van der Waals surface area (Å²) in [5, 5.41) is 1.58. The van der Waals surface area contributed by atoms with Crippen LogP contribution in [0, 0.1) is 0 Å². The molecule has 0 aliphatic rings. The van der Waals surface area contributed by atoms with Gasteiger partial charge in [-0.25, -0.2) is 0 Å². The Morgan fingerprint density at radius 2 is 2.06 bits per heavy atom. The highest BCUT2D eigenvalue weighted by atomic mass is 19.4. The minimum absolute atomic E-state index is 0.0203. The molecule has 0 saturated heterocycles. The molecule has 0 aromatic carbocycles. The van der Waals surface area contributed by atoms with Gasteiger partial charge in [0.15, 0.2) is 0 Å². The van der Waals surface area contributed by atoms with Crippen LogP contribution in [0.4, 0.5) is 13.2 Å². The smallest absolute Gasteiger partial charge is 0.367 e. The third kappa shape index (κ3) is 2.85. The fraction of sp³-hybridized carbons (Fsp3) is 0.333. The molecule has 1 aromatic heterocycles. The second-order valence-electron chi connectivity index (χ2n) is 3.17. The van der Waals surface area contributed by atoms with Crippen LogP contribution in [-0.4, -0.2) is 28.9 Å². The van der Waals surface area contributed by atoms with E-state index in [2.05, 4.69) is 4.98 Å². The number of aromatic nitrogens is 1. The summed E-state index contributed by atoms with van der Waals surface area (Å²) in [6.45, 7) is 0.766. The molecule has 0 spiro atoms. The lowest BCUT2D eigenvalue weighted by molar-refractivity contribution is -0.156. The van der Waals surface area contributed by atoms with Crippen molar-refractivity contribution in [3.63, 3.8) is 0 Å². The second-order valence-corrected chi connectivity index (χ2v) is 3.17. The highest BCUT2D eigenvalue weighted by molar-refractivity contribution is 6.42. The van der Waals surface area contributed by atoms with Crippen molar-refractivity contribution < 1.29 is 22.8 Å². The van der Waals surface area contributed by atoms with E-state index >= 15 is 0 Å². The summed E-state index contributed by atoms with van der Waals surface area (Å²) in [5.41, 5.74) is 0.0203. The van der Waals surface area contributed by atoms with Crippen LogP contribution < -0.4 is 5.32 Å². The van der Waals surface area contributed by atoms with Crippen LogP contribution in [0.15, 0.2) is 18.5 Å². The van der Waals surface area contributed by atoms with Gasteiger partial charge in [-0.1, -0.05) is 0 Å². The number of amides is 1. The lowest BCUT2D eigenvalue weighted by atomic mass is 10.2. The van der Waals surface area contributed by atoms with Crippen molar-refractivity contribution in [1.82, 2.24) is 10.3 Å². The number of ketones is 1. The Hall–Kier alpha value is -1.79. The maximum atomic E-state index is 12.1. The van der Waals surface area contributed by atoms with Crippen molar-refractivity contribution in [1.29, 1.82) is 0 Å². The Morgan fingerprint density at radius 1 is 1.44 bits per heavy atom. The van der Waals surface area contributed by atoms with Crippen molar-refractivity contribution >= 4 is 11.7 Å². The zero-order chi connectivity index (χ0) is 12.3. The predicted molar refractivity (Wildman–Crippen MR) is 48.8 cm³/mol. The first kappa shape index (κ1) is 12.3. The van der Waals surface area contributed by atoms with Crippen molar-refractivity contribution in [2.24, 2.45) is 0 Å². The molecule has 16 heavy (non-hydrogen) atoms. The summed E-state index contributed by atoms with van der Waals surface area (Å²) in [6, 6.07) is -0.747. The van der Waals surface area contributed by atoms with Gasteiger partial charge in [0, 0.05) is 18.0 Å². The molecule has 1 heterocycles. The molecule has 0 aliphatic heterocycles. The van der Waals surface area contributed by atoms with Gasteiger partial charge >= 0.3 is 6.18 Å². The van der Waals surface area contributed by atoms with Crippen LogP contribution in [0.1, 0.15) is 17.3 Å². The number of rotatable bonds is 3. The van der Waals surface area contributed by atoms with Gasteiger partial charge in [-0.3, -0.25) is 9.59 Å². The Kier molecular flexibility index (Phi) is 3.36. The zero-order valence-electron chi connectivity index (χ0n) is 8.26. The van der Waals surface area contributed by atoms with E-state index in [0.29, 0.717) is 0 Å². The monoisotopic (exact) mass is 234 g/mol. The van der Waals surface area contributed by atoms with Gasteiger partial charge in [0.05, 0.1) is 0 Å². The lowest BCUT2D eigenvalue weighted by Crippen LogP contribution is -2.45. The number of Topliss-reactive ketones (excluding diaryl/α,β-unsaturated/α-hetero) is 1. The number of H-pyrrole nitrogens is 1. The van der Waals surface area contributed by atoms with Gasteiger partial charge in [-0.05, 0) is 13.0 Å². The van der Waals surface area contributed by atoms with Crippen molar-refractivity contribution in [3.8, 4) is 0 Å². The fourth-order valence-corrected chi connectivity index (χ4v) is 0.940. The van der Waals surface area contributed by atoms with Gasteiger partial charge in [0.25, 0.3) is 11.7 Å². The van der Waals surface area contributed by atoms with Crippen molar-refractivity contribution in [3.05, 3.63) is 24.0 Å². The fourth-order valence-electron chi connectivity index (χ4n) is 0.940. The van der Waals surface area contributed by atoms with Crippen LogP contribution in [0.5, 0.6) is 0 Å². The third-order valence-corrected chi connectivity index (χ3v) is 1.90. The average molecular weight is 234 g/mol. The Balaban J connectivity index is 2.64. The largest absolute Gasteiger partial charge is 0.408 e. The summed E-state index contributed by atoms with van der Waals surface area (Å²) in [4.78, 5) is 24.9. The summed E-state index contributed by atoms with van der Waals surface area (Å²) < 4.78 is 36.2. The average Bonchev–Trinajstić information content (AvgIpc) is 2.67. The summed E-state index contributed by atoms with van der Waals surface area (Å²) >= 11 is 0. The van der Waals surface area contributed by atoms with E-state index in [-0.39, 0.29) is 5.56 Å². The molecule has 0 fully saturated rings. The van der Waals surface area contributed by atoms with Crippen LogP contribution in [-0.2, 0) is 4.79 Å². The van der Waals surface area contributed by atoms with Gasteiger partial charge < -0.3 is 10.3 Å². The predicted octanol–water partition coefficient (Wildman–Crippen LogP) is 1.26. The van der Waals surface area contributed by atoms with Crippen molar-refractivity contribution in [2.45, 2.75) is 19.1 Å². The van der Waals surface area contributed by atoms with Crippen LogP contribution in [0.25, 0.3) is 0 Å². The number of carbonyl (C=O) groups excluding carboxylic acids is 2. The van der Waals surface area contributed by atoms with Crippen LogP contribution >= 0.6 is 0 Å². The topological polar surface area (TPSA) is 62.0 Å². The maximum Gasteiger partial charge on any atom is 0.408 e. The number of aromatic amines is 1. The lowest BCUT2D eigenvalue weighted by Gasteiger charge is -2.16. The first-order valence-corrected chi connectivity index (χ1v) is 4.37. The Bertz CT molecular complexity index is 384. The number of alkyl halides is 3. The normalized spacial score (nSPS) is 13.2. The van der Waals surface area contributed by atoms with Gasteiger partial charge in [-0.15, -0.1) is 0 Å². The molecule has 88 valence electrons. The van der Waals surface area contributed by atoms with E-state index in [0.717, 1.165) is 6.92 Å². The van der Waals surface area contributed by atoms with E-state index in [4.69, 9.17) is 0 Å². The molecule has 1 rings (SSSR count). The van der Waals surface area contributed by atoms with E-state index in [9.17, 15) is 22.8 Å². The standard InChI is InChI=1S/C9H9F3N2O2/c1-5(9(10,11)12)14-8(16)7(15)6-2-3-13-4-6/h2-5,13H,1H3,(H,14,16)/t5-/m1/s1. The van der Waals surface area contributed by atoms with Gasteiger partial charge in [0.2, 0.25) is 0 Å². The maximum absolute atomic E-state index is 12.1. The highest BCUT2D eigenvalue weighted by Crippen LogP contribution is 2.19. The van der Waals surface area contributed by atoms with E-state index in [1.54, 1.807) is 5.32 Å². The SMILES string of the molecule is C[C@@H](NC(=O)C(=O)c1cc[nH]c1)C(F)(F)F. The zero-order valence-corrected chi connectivity index (χ0v) is 8.26. The quantitative estimate of drug-likeness (QED) is 0.611. The molecule has 2 N–H and O–H groups in total. The summed E-state index contributed by atoms with van der Waals surface area (Å²) in [6.07, 6.45) is -1.93. The summed E-state index contributed by atoms with van der Waals surface area (Å²) in [7, 11) is 0. The molecule has 0 radical (unpaired) electrons. The molecular weight excluding hydrogens is 225 g/mol. The molecule has 0 aliphatic carbocycles. The molecule has 0 unspecified atom stereocenters. The van der Waals surface area contributed by atoms with Gasteiger partial charge in [-0.2, -0.15) is 13.2 Å². The van der Waals surface area contributed by atoms with Crippen LogP contribution in [0.3, 0.4) is 0 Å². The Labute approximate surface area is 88.8 Å². The third-order valence-electron chi connectivity index (χ3n) is 1.90. The highest BCUT2D eigenvalue weighted by Gasteiger charge is 2.38. The van der Waals surface area contributed by atoms with E-state index < -0.39 is 23.9 Å². The molecular formula is C9H9F3N2O2. The van der Waals surface area contributed by atoms with Gasteiger partial charge in [0.1, 0.15) is 6.04 Å². The van der Waals surface area contributed by atoms with Crippen molar-refractivity contribution in [2.75, 3.05) is 0 Å². The first-order valence-electron chi connectivity index (χ1n) is 4.37. The number of hydrogen-bond acceptors (Lipinski definition) is 2. The number of carbonyl (C=O) groups is 2. The molecule has 1 aromatic rings. The first-order chi connectivity index (χ1) is 7.32. The van der Waals surface area contributed by atoms with E-state index in [1.165, 1.54) is 18.5 Å². The minimum Gasteiger partial charge on any atom is -0.367 e.